The number of hydrogen-bond donors (Lipinski definition) is 2. The van der Waals surface area contributed by atoms with Gasteiger partial charge in [0.15, 0.2) is 6.61 Å². The van der Waals surface area contributed by atoms with Crippen molar-refractivity contribution in [3.05, 3.63) is 83.8 Å². The number of anilines is 1. The van der Waals surface area contributed by atoms with Crippen LogP contribution < -0.4 is 10.6 Å². The maximum Gasteiger partial charge on any atom is 0.308 e. The standard InChI is InChI=1S/C26H27N3O7S/c1-18(30)28-20-8-10-22(11-9-20)37(33,34)29-13-12-19-5-2-3-7-23(19)24(29)15-26(32)36-17-25(31)27-16-21-6-4-14-35-21/h2-11,14,24H,12-13,15-17H2,1H3,(H,27,31)(H,28,30). The monoisotopic (exact) mass is 525 g/mol. The largest absolute Gasteiger partial charge is 0.467 e. The molecule has 2 aromatic carbocycles. The molecule has 10 nitrogen and oxygen atoms in total. The summed E-state index contributed by atoms with van der Waals surface area (Å²) in [6.07, 6.45) is 1.71. The van der Waals surface area contributed by atoms with Crippen molar-refractivity contribution < 1.29 is 32.0 Å². The number of rotatable bonds is 9. The summed E-state index contributed by atoms with van der Waals surface area (Å²) in [7, 11) is -3.99. The molecule has 37 heavy (non-hydrogen) atoms. The van der Waals surface area contributed by atoms with Crippen molar-refractivity contribution in [2.24, 2.45) is 0 Å². The molecule has 11 heteroatoms. The summed E-state index contributed by atoms with van der Waals surface area (Å²) in [4.78, 5) is 36.1. The lowest BCUT2D eigenvalue weighted by Gasteiger charge is -2.36. The number of carbonyl (C=O) groups is 3. The number of esters is 1. The Bertz CT molecular complexity index is 1370. The number of nitrogens with zero attached hydrogens (tertiary/aromatic N) is 1. The van der Waals surface area contributed by atoms with E-state index in [0.717, 1.165) is 5.56 Å². The fourth-order valence-electron chi connectivity index (χ4n) is 4.19. The zero-order chi connectivity index (χ0) is 26.4. The first-order valence-corrected chi connectivity index (χ1v) is 13.1. The van der Waals surface area contributed by atoms with Crippen molar-refractivity contribution in [3.8, 4) is 0 Å². The lowest BCUT2D eigenvalue weighted by molar-refractivity contribution is -0.149. The first kappa shape index (κ1) is 26.1. The van der Waals surface area contributed by atoms with Gasteiger partial charge >= 0.3 is 5.97 Å². The van der Waals surface area contributed by atoms with E-state index in [2.05, 4.69) is 10.6 Å². The number of fused-ring (bicyclic) bond motifs is 1. The van der Waals surface area contributed by atoms with Crippen LogP contribution in [0.4, 0.5) is 5.69 Å². The quantitative estimate of drug-likeness (QED) is 0.410. The Kier molecular flexibility index (Phi) is 8.04. The summed E-state index contributed by atoms with van der Waals surface area (Å²) < 4.78 is 38.8. The minimum Gasteiger partial charge on any atom is -0.467 e. The van der Waals surface area contributed by atoms with E-state index in [9.17, 15) is 22.8 Å². The topological polar surface area (TPSA) is 135 Å². The molecule has 3 aromatic rings. The minimum absolute atomic E-state index is 0.0386. The zero-order valence-electron chi connectivity index (χ0n) is 20.2. The van der Waals surface area contributed by atoms with Gasteiger partial charge in [0, 0.05) is 19.2 Å². The molecule has 1 atom stereocenters. The molecule has 2 N–H and O–H groups in total. The Morgan fingerprint density at radius 3 is 2.51 bits per heavy atom. The van der Waals surface area contributed by atoms with Crippen LogP contribution in [0.3, 0.4) is 0 Å². The number of hydrogen-bond acceptors (Lipinski definition) is 7. The smallest absolute Gasteiger partial charge is 0.308 e. The van der Waals surface area contributed by atoms with E-state index in [0.29, 0.717) is 23.4 Å². The Labute approximate surface area is 214 Å². The molecule has 0 spiro atoms. The lowest BCUT2D eigenvalue weighted by Crippen LogP contribution is -2.41. The number of benzene rings is 2. The van der Waals surface area contributed by atoms with Crippen LogP contribution in [0.2, 0.25) is 0 Å². The normalized spacial score (nSPS) is 15.4. The van der Waals surface area contributed by atoms with Crippen LogP contribution in [-0.2, 0) is 42.1 Å². The van der Waals surface area contributed by atoms with Crippen molar-refractivity contribution in [2.45, 2.75) is 37.2 Å². The van der Waals surface area contributed by atoms with Gasteiger partial charge in [0.05, 0.1) is 30.2 Å². The second-order valence-corrected chi connectivity index (χ2v) is 10.4. The molecule has 194 valence electrons. The average Bonchev–Trinajstić information content (AvgIpc) is 3.40. The summed E-state index contributed by atoms with van der Waals surface area (Å²) in [5.74, 6) is -0.908. The molecule has 2 amide bonds. The lowest BCUT2D eigenvalue weighted by atomic mass is 9.92. The van der Waals surface area contributed by atoms with Gasteiger partial charge in [-0.25, -0.2) is 8.42 Å². The maximum atomic E-state index is 13.6. The van der Waals surface area contributed by atoms with Crippen molar-refractivity contribution in [1.29, 1.82) is 0 Å². The Morgan fingerprint density at radius 1 is 1.05 bits per heavy atom. The zero-order valence-corrected chi connectivity index (χ0v) is 21.0. The molecular weight excluding hydrogens is 498 g/mol. The van der Waals surface area contributed by atoms with Crippen LogP contribution in [0.25, 0.3) is 0 Å². The van der Waals surface area contributed by atoms with E-state index in [1.165, 1.54) is 41.8 Å². The molecule has 0 fully saturated rings. The molecule has 0 radical (unpaired) electrons. The second-order valence-electron chi connectivity index (χ2n) is 8.51. The predicted molar refractivity (Wildman–Crippen MR) is 134 cm³/mol. The van der Waals surface area contributed by atoms with E-state index in [4.69, 9.17) is 9.15 Å². The number of carbonyl (C=O) groups excluding carboxylic acids is 3. The van der Waals surface area contributed by atoms with Gasteiger partial charge in [-0.15, -0.1) is 0 Å². The molecule has 1 aromatic heterocycles. The van der Waals surface area contributed by atoms with Crippen LogP contribution in [0.5, 0.6) is 0 Å². The van der Waals surface area contributed by atoms with Gasteiger partial charge in [-0.3, -0.25) is 14.4 Å². The maximum absolute atomic E-state index is 13.6. The van der Waals surface area contributed by atoms with Crippen LogP contribution >= 0.6 is 0 Å². The molecule has 1 unspecified atom stereocenters. The van der Waals surface area contributed by atoms with Gasteiger partial charge in [0.2, 0.25) is 15.9 Å². The predicted octanol–water partition coefficient (Wildman–Crippen LogP) is 2.78. The molecule has 0 bridgehead atoms. The van der Waals surface area contributed by atoms with E-state index in [-0.39, 0.29) is 30.3 Å². The summed E-state index contributed by atoms with van der Waals surface area (Å²) in [6, 6.07) is 15.8. The van der Waals surface area contributed by atoms with E-state index in [1.807, 2.05) is 12.1 Å². The third-order valence-corrected chi connectivity index (χ3v) is 7.83. The summed E-state index contributed by atoms with van der Waals surface area (Å²) in [5.41, 5.74) is 2.14. The molecular formula is C26H27N3O7S. The molecule has 0 saturated heterocycles. The van der Waals surface area contributed by atoms with Gasteiger partial charge in [0.25, 0.3) is 5.91 Å². The first-order chi connectivity index (χ1) is 17.7. The third kappa shape index (κ3) is 6.43. The van der Waals surface area contributed by atoms with Gasteiger partial charge in [-0.05, 0) is 53.9 Å². The first-order valence-electron chi connectivity index (χ1n) is 11.7. The van der Waals surface area contributed by atoms with Crippen molar-refractivity contribution >= 4 is 33.5 Å². The summed E-state index contributed by atoms with van der Waals surface area (Å²) in [6.45, 7) is 1.20. The Hall–Kier alpha value is -3.96. The number of nitrogens with one attached hydrogen (secondary N) is 2. The molecule has 4 rings (SSSR count). The number of furan rings is 1. The second kappa shape index (κ2) is 11.4. The van der Waals surface area contributed by atoms with E-state index >= 15 is 0 Å². The van der Waals surface area contributed by atoms with Crippen LogP contribution in [0.1, 0.15) is 36.3 Å². The van der Waals surface area contributed by atoms with Gasteiger partial charge in [0.1, 0.15) is 5.76 Å². The SMILES string of the molecule is CC(=O)Nc1ccc(S(=O)(=O)N2CCc3ccccc3C2CC(=O)OCC(=O)NCc2ccco2)cc1. The number of sulfonamides is 1. The van der Waals surface area contributed by atoms with Crippen molar-refractivity contribution in [1.82, 2.24) is 9.62 Å². The van der Waals surface area contributed by atoms with Gasteiger partial charge in [-0.1, -0.05) is 24.3 Å². The summed E-state index contributed by atoms with van der Waals surface area (Å²) in [5, 5.41) is 5.19. The highest BCUT2D eigenvalue weighted by Gasteiger charge is 2.38. The highest BCUT2D eigenvalue weighted by Crippen LogP contribution is 2.36. The fraction of sp³-hybridized carbons (Fsp3) is 0.269. The van der Waals surface area contributed by atoms with Crippen LogP contribution in [-0.4, -0.2) is 43.7 Å². The molecule has 0 aliphatic carbocycles. The number of ether oxygens (including phenoxy) is 1. The Balaban J connectivity index is 1.48. The van der Waals surface area contributed by atoms with Crippen LogP contribution in [0.15, 0.2) is 76.2 Å². The molecule has 2 heterocycles. The molecule has 0 saturated carbocycles. The van der Waals surface area contributed by atoms with Crippen molar-refractivity contribution in [2.75, 3.05) is 18.5 Å². The number of amides is 2. The summed E-state index contributed by atoms with van der Waals surface area (Å²) >= 11 is 0. The third-order valence-electron chi connectivity index (χ3n) is 5.91. The van der Waals surface area contributed by atoms with E-state index in [1.54, 1.807) is 24.3 Å². The van der Waals surface area contributed by atoms with Gasteiger partial charge in [-0.2, -0.15) is 4.31 Å². The average molecular weight is 526 g/mol. The highest BCUT2D eigenvalue weighted by atomic mass is 32.2. The fourth-order valence-corrected chi connectivity index (χ4v) is 5.80. The Morgan fingerprint density at radius 2 is 1.81 bits per heavy atom. The molecule has 1 aliphatic heterocycles. The van der Waals surface area contributed by atoms with Gasteiger partial charge < -0.3 is 19.8 Å². The van der Waals surface area contributed by atoms with Crippen molar-refractivity contribution in [3.63, 3.8) is 0 Å². The molecule has 1 aliphatic rings. The van der Waals surface area contributed by atoms with Crippen LogP contribution in [0, 0.1) is 0 Å². The van der Waals surface area contributed by atoms with E-state index < -0.39 is 34.5 Å². The highest BCUT2D eigenvalue weighted by molar-refractivity contribution is 7.89. The minimum atomic E-state index is -3.99.